The van der Waals surface area contributed by atoms with E-state index in [2.05, 4.69) is 35.2 Å². The van der Waals surface area contributed by atoms with Crippen LogP contribution < -0.4 is 5.32 Å². The zero-order valence-corrected chi connectivity index (χ0v) is 17.7. The van der Waals surface area contributed by atoms with Gasteiger partial charge in [-0.2, -0.15) is 0 Å². The maximum Gasteiger partial charge on any atom is 0.310 e. The van der Waals surface area contributed by atoms with Crippen molar-refractivity contribution < 1.29 is 9.53 Å². The highest BCUT2D eigenvalue weighted by Gasteiger charge is 2.27. The minimum absolute atomic E-state index is 0.0564. The summed E-state index contributed by atoms with van der Waals surface area (Å²) in [6, 6.07) is 6.17. The van der Waals surface area contributed by atoms with Gasteiger partial charge in [0.2, 0.25) is 5.13 Å². The molecule has 0 aliphatic carbocycles. The highest BCUT2D eigenvalue weighted by molar-refractivity contribution is 7.73. The highest BCUT2D eigenvalue weighted by atomic mass is 32.1. The second-order valence-electron chi connectivity index (χ2n) is 6.85. The molecule has 1 atom stereocenters. The number of carbonyl (C=O) groups is 1. The number of hydrogen-bond donors (Lipinski definition) is 1. The van der Waals surface area contributed by atoms with Crippen molar-refractivity contribution in [3.8, 4) is 0 Å². The number of ether oxygens (including phenoxy) is 1. The summed E-state index contributed by atoms with van der Waals surface area (Å²) in [5.41, 5.74) is 3.49. The topological polar surface area (TPSA) is 59.4 Å². The lowest BCUT2D eigenvalue weighted by Crippen LogP contribution is -2.40. The molecule has 1 aromatic heterocycles. The van der Waals surface area contributed by atoms with Crippen LogP contribution in [0.15, 0.2) is 18.2 Å². The Kier molecular flexibility index (Phi) is 6.62. The van der Waals surface area contributed by atoms with Gasteiger partial charge >= 0.3 is 5.97 Å². The average Bonchev–Trinajstić information content (AvgIpc) is 2.98. The monoisotopic (exact) mass is 406 g/mol. The summed E-state index contributed by atoms with van der Waals surface area (Å²) >= 11 is 6.96. The standard InChI is InChI=1S/C19H26N4O2S2/c1-4-25-17(24)15-8-6-10-22(11-15)12-23-19(26)27-18(21-23)20-16-9-5-7-13(2)14(16)3/h5,7,9,15H,4,6,8,10-12H2,1-3H3,(H,20,21)/t15-/m1/s1. The summed E-state index contributed by atoms with van der Waals surface area (Å²) in [6.07, 6.45) is 1.87. The second kappa shape index (κ2) is 8.95. The first kappa shape index (κ1) is 20.0. The van der Waals surface area contributed by atoms with E-state index in [1.807, 2.05) is 23.7 Å². The summed E-state index contributed by atoms with van der Waals surface area (Å²) in [6.45, 7) is 8.69. The molecule has 3 rings (SSSR count). The van der Waals surface area contributed by atoms with Crippen LogP contribution in [0.1, 0.15) is 30.9 Å². The van der Waals surface area contributed by atoms with Crippen molar-refractivity contribution in [2.45, 2.75) is 40.3 Å². The zero-order chi connectivity index (χ0) is 19.4. The van der Waals surface area contributed by atoms with E-state index in [1.165, 1.54) is 22.5 Å². The van der Waals surface area contributed by atoms with E-state index in [1.54, 1.807) is 0 Å². The first-order valence-electron chi connectivity index (χ1n) is 9.28. The van der Waals surface area contributed by atoms with Crippen molar-refractivity contribution in [2.75, 3.05) is 25.0 Å². The average molecular weight is 407 g/mol. The van der Waals surface area contributed by atoms with Gasteiger partial charge in [-0.15, -0.1) is 5.10 Å². The minimum atomic E-state index is -0.0960. The fourth-order valence-corrected chi connectivity index (χ4v) is 4.28. The van der Waals surface area contributed by atoms with E-state index < -0.39 is 0 Å². The molecule has 0 spiro atoms. The molecule has 0 bridgehead atoms. The molecule has 1 aliphatic rings. The Morgan fingerprint density at radius 1 is 1.44 bits per heavy atom. The number of anilines is 2. The van der Waals surface area contributed by atoms with Gasteiger partial charge in [0.15, 0.2) is 3.95 Å². The number of rotatable bonds is 6. The van der Waals surface area contributed by atoms with Gasteiger partial charge < -0.3 is 10.1 Å². The number of benzene rings is 1. The number of aromatic nitrogens is 2. The maximum absolute atomic E-state index is 12.0. The molecule has 2 aromatic rings. The summed E-state index contributed by atoms with van der Waals surface area (Å²) in [7, 11) is 0. The number of esters is 1. The number of hydrogen-bond acceptors (Lipinski definition) is 7. The van der Waals surface area contributed by atoms with Gasteiger partial charge in [0.05, 0.1) is 19.2 Å². The van der Waals surface area contributed by atoms with Crippen LogP contribution in [0.3, 0.4) is 0 Å². The quantitative estimate of drug-likeness (QED) is 0.571. The van der Waals surface area contributed by atoms with E-state index >= 15 is 0 Å². The number of aryl methyl sites for hydroxylation is 1. The molecule has 0 saturated carbocycles. The molecule has 1 fully saturated rings. The Morgan fingerprint density at radius 3 is 3.04 bits per heavy atom. The molecule has 1 saturated heterocycles. The number of nitrogens with zero attached hydrogens (tertiary/aromatic N) is 3. The van der Waals surface area contributed by atoms with Crippen LogP contribution in [0.2, 0.25) is 0 Å². The van der Waals surface area contributed by atoms with Crippen LogP contribution >= 0.6 is 23.6 Å². The highest BCUT2D eigenvalue weighted by Crippen LogP contribution is 2.25. The Hall–Kier alpha value is -1.77. The Labute approximate surface area is 169 Å². The summed E-state index contributed by atoms with van der Waals surface area (Å²) in [4.78, 5) is 14.3. The van der Waals surface area contributed by atoms with Crippen LogP contribution in [0, 0.1) is 23.7 Å². The number of likely N-dealkylation sites (tertiary alicyclic amines) is 1. The molecule has 1 aromatic carbocycles. The second-order valence-corrected chi connectivity index (χ2v) is 8.48. The summed E-state index contributed by atoms with van der Waals surface area (Å²) in [5, 5.41) is 8.81. The number of carbonyl (C=O) groups excluding carboxylic acids is 1. The van der Waals surface area contributed by atoms with Gasteiger partial charge in [-0.25, -0.2) is 4.68 Å². The van der Waals surface area contributed by atoms with Crippen molar-refractivity contribution in [1.29, 1.82) is 0 Å². The molecule has 0 unspecified atom stereocenters. The first-order valence-corrected chi connectivity index (χ1v) is 10.5. The third-order valence-electron chi connectivity index (χ3n) is 4.91. The van der Waals surface area contributed by atoms with Gasteiger partial charge in [-0.3, -0.25) is 9.69 Å². The third kappa shape index (κ3) is 4.94. The van der Waals surface area contributed by atoms with Crippen molar-refractivity contribution in [1.82, 2.24) is 14.7 Å². The molecule has 0 radical (unpaired) electrons. The molecular formula is C19H26N4O2S2. The molecule has 2 heterocycles. The Morgan fingerprint density at radius 2 is 2.26 bits per heavy atom. The fraction of sp³-hybridized carbons (Fsp3) is 0.526. The van der Waals surface area contributed by atoms with Crippen LogP contribution in [-0.2, 0) is 16.2 Å². The molecule has 6 nitrogen and oxygen atoms in total. The summed E-state index contributed by atoms with van der Waals surface area (Å²) < 4.78 is 7.74. The van der Waals surface area contributed by atoms with E-state index in [0.29, 0.717) is 19.8 Å². The normalized spacial score (nSPS) is 17.7. The van der Waals surface area contributed by atoms with Crippen LogP contribution in [0.5, 0.6) is 0 Å². The molecular weight excluding hydrogens is 380 g/mol. The van der Waals surface area contributed by atoms with E-state index in [-0.39, 0.29) is 11.9 Å². The van der Waals surface area contributed by atoms with E-state index in [9.17, 15) is 4.79 Å². The molecule has 146 valence electrons. The van der Waals surface area contributed by atoms with Gasteiger partial charge in [-0.1, -0.05) is 23.5 Å². The molecule has 0 amide bonds. The van der Waals surface area contributed by atoms with Crippen LogP contribution in [0.4, 0.5) is 10.8 Å². The molecule has 27 heavy (non-hydrogen) atoms. The summed E-state index contributed by atoms with van der Waals surface area (Å²) in [5.74, 6) is -0.152. The lowest BCUT2D eigenvalue weighted by atomic mass is 9.99. The Bertz CT molecular complexity index is 862. The van der Waals surface area contributed by atoms with Crippen molar-refractivity contribution in [3.05, 3.63) is 33.3 Å². The fourth-order valence-electron chi connectivity index (χ4n) is 3.27. The van der Waals surface area contributed by atoms with Crippen LogP contribution in [-0.4, -0.2) is 40.3 Å². The van der Waals surface area contributed by atoms with Gasteiger partial charge in [0, 0.05) is 12.2 Å². The van der Waals surface area contributed by atoms with Gasteiger partial charge in [-0.05, 0) is 69.6 Å². The van der Waals surface area contributed by atoms with E-state index in [4.69, 9.17) is 17.0 Å². The number of nitrogens with one attached hydrogen (secondary N) is 1. The molecule has 1 aliphatic heterocycles. The van der Waals surface area contributed by atoms with Crippen molar-refractivity contribution in [2.24, 2.45) is 5.92 Å². The SMILES string of the molecule is CCOC(=O)[C@@H]1CCCN(Cn2nc(Nc3cccc(C)c3C)sc2=S)C1. The molecule has 8 heteroatoms. The van der Waals surface area contributed by atoms with Crippen LogP contribution in [0.25, 0.3) is 0 Å². The zero-order valence-electron chi connectivity index (χ0n) is 16.0. The van der Waals surface area contributed by atoms with Gasteiger partial charge in [0.1, 0.15) is 0 Å². The first-order chi connectivity index (χ1) is 13.0. The maximum atomic E-state index is 12.0. The Balaban J connectivity index is 1.67. The predicted molar refractivity (Wildman–Crippen MR) is 111 cm³/mol. The number of piperidine rings is 1. The smallest absolute Gasteiger partial charge is 0.310 e. The predicted octanol–water partition coefficient (Wildman–Crippen LogP) is 4.27. The molecule has 1 N–H and O–H groups in total. The van der Waals surface area contributed by atoms with Gasteiger partial charge in [0.25, 0.3) is 0 Å². The largest absolute Gasteiger partial charge is 0.466 e. The third-order valence-corrected chi connectivity index (χ3v) is 6.14. The van der Waals surface area contributed by atoms with Crippen molar-refractivity contribution >= 4 is 40.3 Å². The van der Waals surface area contributed by atoms with Crippen molar-refractivity contribution in [3.63, 3.8) is 0 Å². The lowest BCUT2D eigenvalue weighted by molar-refractivity contribution is -0.150. The van der Waals surface area contributed by atoms with E-state index in [0.717, 1.165) is 34.2 Å². The lowest BCUT2D eigenvalue weighted by Gasteiger charge is -2.31. The minimum Gasteiger partial charge on any atom is -0.466 e.